The molecular formula is C22H23FN2O. The van der Waals surface area contributed by atoms with Crippen molar-refractivity contribution in [2.75, 3.05) is 7.05 Å². The topological polar surface area (TPSA) is 33.2 Å². The number of nitrogens with zero attached hydrogens (tertiary/aromatic N) is 2. The van der Waals surface area contributed by atoms with Crippen molar-refractivity contribution in [3.63, 3.8) is 0 Å². The molecule has 0 unspecified atom stereocenters. The van der Waals surface area contributed by atoms with E-state index in [9.17, 15) is 9.18 Å². The lowest BCUT2D eigenvalue weighted by molar-refractivity contribution is 0.0734. The van der Waals surface area contributed by atoms with Gasteiger partial charge in [-0.15, -0.1) is 0 Å². The molecule has 1 amide bonds. The minimum Gasteiger partial charge on any atom is -0.338 e. The Morgan fingerprint density at radius 3 is 2.50 bits per heavy atom. The standard InChI is InChI=1S/C22H23FN2O/c1-5-14(2)25(4)22(26)21-15(3)20(16-10-6-8-12-18(16)23)17-11-7-9-13-19(17)24-21/h6-14H,5H2,1-4H3/t14-/m1/s1. The Balaban J connectivity index is 2.29. The molecule has 2 aromatic carbocycles. The fourth-order valence-electron chi connectivity index (χ4n) is 3.17. The molecular weight excluding hydrogens is 327 g/mol. The average molecular weight is 350 g/mol. The fraction of sp³-hybridized carbons (Fsp3) is 0.273. The van der Waals surface area contributed by atoms with E-state index in [1.165, 1.54) is 6.07 Å². The molecule has 0 radical (unpaired) electrons. The molecule has 3 rings (SSSR count). The van der Waals surface area contributed by atoms with Crippen LogP contribution < -0.4 is 0 Å². The molecule has 0 N–H and O–H groups in total. The van der Waals surface area contributed by atoms with Crippen LogP contribution in [0.25, 0.3) is 22.0 Å². The summed E-state index contributed by atoms with van der Waals surface area (Å²) in [5.74, 6) is -0.444. The molecule has 0 aliphatic carbocycles. The van der Waals surface area contributed by atoms with E-state index in [1.54, 1.807) is 30.1 Å². The number of carbonyl (C=O) groups is 1. The van der Waals surface area contributed by atoms with Gasteiger partial charge in [-0.2, -0.15) is 0 Å². The molecule has 26 heavy (non-hydrogen) atoms. The highest BCUT2D eigenvalue weighted by Gasteiger charge is 2.24. The maximum atomic E-state index is 14.5. The van der Waals surface area contributed by atoms with Crippen molar-refractivity contribution in [3.05, 3.63) is 65.6 Å². The quantitative estimate of drug-likeness (QED) is 0.646. The highest BCUT2D eigenvalue weighted by molar-refractivity contribution is 6.03. The highest BCUT2D eigenvalue weighted by atomic mass is 19.1. The molecule has 1 aromatic heterocycles. The van der Waals surface area contributed by atoms with Crippen molar-refractivity contribution in [3.8, 4) is 11.1 Å². The van der Waals surface area contributed by atoms with E-state index >= 15 is 0 Å². The lowest BCUT2D eigenvalue weighted by Crippen LogP contribution is -2.35. The van der Waals surface area contributed by atoms with E-state index in [0.717, 1.165) is 17.4 Å². The summed E-state index contributed by atoms with van der Waals surface area (Å²) in [6.45, 7) is 5.89. The van der Waals surface area contributed by atoms with Crippen LogP contribution in [0.1, 0.15) is 36.3 Å². The maximum Gasteiger partial charge on any atom is 0.272 e. The van der Waals surface area contributed by atoms with Gasteiger partial charge in [-0.3, -0.25) is 4.79 Å². The largest absolute Gasteiger partial charge is 0.338 e. The summed E-state index contributed by atoms with van der Waals surface area (Å²) < 4.78 is 14.5. The van der Waals surface area contributed by atoms with Crippen LogP contribution in [0, 0.1) is 12.7 Å². The van der Waals surface area contributed by atoms with Crippen LogP contribution in [0.2, 0.25) is 0 Å². The second kappa shape index (κ2) is 7.24. The predicted molar refractivity (Wildman–Crippen MR) is 104 cm³/mol. The van der Waals surface area contributed by atoms with E-state index in [2.05, 4.69) is 4.98 Å². The molecule has 0 aliphatic rings. The van der Waals surface area contributed by atoms with Gasteiger partial charge in [0.15, 0.2) is 0 Å². The summed E-state index contributed by atoms with van der Waals surface area (Å²) in [4.78, 5) is 19.4. The molecule has 134 valence electrons. The Bertz CT molecular complexity index is 968. The van der Waals surface area contributed by atoms with Crippen LogP contribution in [0.15, 0.2) is 48.5 Å². The van der Waals surface area contributed by atoms with Gasteiger partial charge in [-0.05, 0) is 43.5 Å². The third-order valence-corrected chi connectivity index (χ3v) is 5.05. The summed E-state index contributed by atoms with van der Waals surface area (Å²) in [7, 11) is 1.79. The average Bonchev–Trinajstić information content (AvgIpc) is 2.66. The summed E-state index contributed by atoms with van der Waals surface area (Å²) >= 11 is 0. The first-order valence-corrected chi connectivity index (χ1v) is 8.87. The first-order valence-electron chi connectivity index (χ1n) is 8.87. The summed E-state index contributed by atoms with van der Waals surface area (Å²) in [5.41, 5.74) is 2.99. The van der Waals surface area contributed by atoms with E-state index in [0.29, 0.717) is 22.3 Å². The number of amides is 1. The second-order valence-corrected chi connectivity index (χ2v) is 6.63. The molecule has 0 aliphatic heterocycles. The third-order valence-electron chi connectivity index (χ3n) is 5.05. The Hall–Kier alpha value is -2.75. The molecule has 0 saturated heterocycles. The molecule has 3 nitrogen and oxygen atoms in total. The minimum absolute atomic E-state index is 0.104. The lowest BCUT2D eigenvalue weighted by atomic mass is 9.94. The van der Waals surface area contributed by atoms with Crippen molar-refractivity contribution in [1.29, 1.82) is 0 Å². The Labute approximate surface area is 153 Å². The number of benzene rings is 2. The van der Waals surface area contributed by atoms with Crippen LogP contribution in [0.3, 0.4) is 0 Å². The summed E-state index contributed by atoms with van der Waals surface area (Å²) in [5, 5.41) is 0.845. The van der Waals surface area contributed by atoms with E-state index in [-0.39, 0.29) is 17.8 Å². The molecule has 4 heteroatoms. The van der Waals surface area contributed by atoms with Crippen LogP contribution in [-0.2, 0) is 0 Å². The number of fused-ring (bicyclic) bond motifs is 1. The molecule has 0 bridgehead atoms. The van der Waals surface area contributed by atoms with E-state index < -0.39 is 0 Å². The van der Waals surface area contributed by atoms with Crippen molar-refractivity contribution in [1.82, 2.24) is 9.88 Å². The Morgan fingerprint density at radius 2 is 1.81 bits per heavy atom. The number of carbonyl (C=O) groups excluding carboxylic acids is 1. The minimum atomic E-state index is -0.305. The normalized spacial score (nSPS) is 12.2. The van der Waals surface area contributed by atoms with E-state index in [1.807, 2.05) is 45.0 Å². The number of aromatic nitrogens is 1. The number of hydrogen-bond acceptors (Lipinski definition) is 2. The van der Waals surface area contributed by atoms with Crippen molar-refractivity contribution in [2.24, 2.45) is 0 Å². The monoisotopic (exact) mass is 350 g/mol. The third kappa shape index (κ3) is 3.07. The van der Waals surface area contributed by atoms with Gasteiger partial charge in [0.25, 0.3) is 5.91 Å². The van der Waals surface area contributed by atoms with Crippen molar-refractivity contribution >= 4 is 16.8 Å². The smallest absolute Gasteiger partial charge is 0.272 e. The molecule has 0 saturated carbocycles. The van der Waals surface area contributed by atoms with Gasteiger partial charge in [0, 0.05) is 24.0 Å². The number of pyridine rings is 1. The van der Waals surface area contributed by atoms with Gasteiger partial charge in [-0.1, -0.05) is 43.3 Å². The van der Waals surface area contributed by atoms with Crippen molar-refractivity contribution < 1.29 is 9.18 Å². The second-order valence-electron chi connectivity index (χ2n) is 6.63. The van der Waals surface area contributed by atoms with Crippen LogP contribution in [0.4, 0.5) is 4.39 Å². The SMILES string of the molecule is CC[C@@H](C)N(C)C(=O)c1nc2ccccc2c(-c2ccccc2F)c1C. The number of halogens is 1. The van der Waals surface area contributed by atoms with Gasteiger partial charge in [0.2, 0.25) is 0 Å². The zero-order valence-electron chi connectivity index (χ0n) is 15.6. The van der Waals surface area contributed by atoms with Gasteiger partial charge >= 0.3 is 0 Å². The fourth-order valence-corrected chi connectivity index (χ4v) is 3.17. The molecule has 3 aromatic rings. The molecule has 0 spiro atoms. The van der Waals surface area contributed by atoms with E-state index in [4.69, 9.17) is 0 Å². The van der Waals surface area contributed by atoms with Crippen LogP contribution >= 0.6 is 0 Å². The maximum absolute atomic E-state index is 14.5. The zero-order chi connectivity index (χ0) is 18.8. The highest BCUT2D eigenvalue weighted by Crippen LogP contribution is 2.34. The van der Waals surface area contributed by atoms with Crippen molar-refractivity contribution in [2.45, 2.75) is 33.2 Å². The number of para-hydroxylation sites is 1. The number of rotatable bonds is 4. The van der Waals surface area contributed by atoms with Crippen LogP contribution in [-0.4, -0.2) is 28.9 Å². The van der Waals surface area contributed by atoms with Crippen LogP contribution in [0.5, 0.6) is 0 Å². The first kappa shape index (κ1) is 18.1. The summed E-state index contributed by atoms with van der Waals surface area (Å²) in [6, 6.07) is 14.3. The molecule has 0 fully saturated rings. The Kier molecular flexibility index (Phi) is 5.03. The first-order chi connectivity index (χ1) is 12.5. The van der Waals surface area contributed by atoms with Gasteiger partial charge in [0.05, 0.1) is 5.52 Å². The van der Waals surface area contributed by atoms with Gasteiger partial charge < -0.3 is 4.90 Å². The molecule has 1 heterocycles. The Morgan fingerprint density at radius 1 is 1.15 bits per heavy atom. The molecule has 1 atom stereocenters. The lowest BCUT2D eigenvalue weighted by Gasteiger charge is -2.25. The number of hydrogen-bond donors (Lipinski definition) is 0. The summed E-state index contributed by atoms with van der Waals surface area (Å²) in [6.07, 6.45) is 0.856. The zero-order valence-corrected chi connectivity index (χ0v) is 15.6. The van der Waals surface area contributed by atoms with Gasteiger partial charge in [0.1, 0.15) is 11.5 Å². The predicted octanol–water partition coefficient (Wildman–Crippen LogP) is 5.22. The van der Waals surface area contributed by atoms with Gasteiger partial charge in [-0.25, -0.2) is 9.37 Å².